The number of aromatic nitrogens is 3. The number of rotatable bonds is 3. The minimum Gasteiger partial charge on any atom is -0.382 e. The van der Waals surface area contributed by atoms with E-state index >= 15 is 0 Å². The van der Waals surface area contributed by atoms with Gasteiger partial charge in [-0.15, -0.1) is 0 Å². The van der Waals surface area contributed by atoms with Gasteiger partial charge in [-0.25, -0.2) is 0 Å². The molecule has 1 aromatic rings. The van der Waals surface area contributed by atoms with Crippen molar-refractivity contribution in [2.24, 2.45) is 11.8 Å². The summed E-state index contributed by atoms with van der Waals surface area (Å²) >= 11 is 0. The smallest absolute Gasteiger partial charge is 0.382 e. The summed E-state index contributed by atoms with van der Waals surface area (Å²) in [5.41, 5.74) is -0.452. The highest BCUT2D eigenvalue weighted by atomic mass is 19.4. The maximum atomic E-state index is 12.7. The van der Waals surface area contributed by atoms with Gasteiger partial charge in [-0.05, 0) is 38.0 Å². The number of nitrogens with one attached hydrogen (secondary N) is 1. The molecule has 8 heteroatoms. The third-order valence-electron chi connectivity index (χ3n) is 5.04. The summed E-state index contributed by atoms with van der Waals surface area (Å²) in [6, 6.07) is 0. The fraction of sp³-hybridized carbons (Fsp3) is 0.857. The molecule has 1 unspecified atom stereocenters. The largest absolute Gasteiger partial charge is 0.391 e. The summed E-state index contributed by atoms with van der Waals surface area (Å²) in [4.78, 5) is 2.13. The van der Waals surface area contributed by atoms with Gasteiger partial charge in [0.15, 0.2) is 0 Å². The van der Waals surface area contributed by atoms with Crippen LogP contribution in [0.25, 0.3) is 0 Å². The van der Waals surface area contributed by atoms with E-state index in [2.05, 4.69) is 20.3 Å². The number of β-amino-alcohol motifs (C(OH)–C–C–N with tert-alkyl or cyclic N) is 1. The fourth-order valence-electron chi connectivity index (χ4n) is 3.70. The molecule has 2 aliphatic rings. The normalized spacial score (nSPS) is 34.2. The second kappa shape index (κ2) is 5.81. The van der Waals surface area contributed by atoms with Gasteiger partial charge in [0.25, 0.3) is 0 Å². The Bertz CT molecular complexity index is 485. The van der Waals surface area contributed by atoms with E-state index in [-0.39, 0.29) is 12.8 Å². The van der Waals surface area contributed by atoms with Gasteiger partial charge in [0.05, 0.1) is 12.1 Å². The minimum atomic E-state index is -4.05. The van der Waals surface area contributed by atoms with Crippen molar-refractivity contribution in [2.45, 2.75) is 43.9 Å². The van der Waals surface area contributed by atoms with Crippen LogP contribution in [0.15, 0.2) is 6.20 Å². The van der Waals surface area contributed by atoms with Crippen LogP contribution in [0, 0.1) is 11.8 Å². The highest BCUT2D eigenvalue weighted by molar-refractivity contribution is 5.10. The van der Waals surface area contributed by atoms with Crippen LogP contribution in [-0.4, -0.2) is 51.2 Å². The molecule has 1 saturated carbocycles. The van der Waals surface area contributed by atoms with Crippen LogP contribution in [0.4, 0.5) is 13.2 Å². The predicted octanol–water partition coefficient (Wildman–Crippen LogP) is 2.07. The standard InChI is InChI=1S/C14H21F3N4O/c15-14(16,17)11-3-1-10(2-4-11)8-21-6-5-13(22,9-21)12-7-18-20-19-12/h7,10-11,22H,1-6,8-9H2,(H,18,19,20). The fourth-order valence-corrected chi connectivity index (χ4v) is 3.70. The lowest BCUT2D eigenvalue weighted by molar-refractivity contribution is -0.184. The molecule has 2 N–H and O–H groups in total. The molecule has 1 aliphatic heterocycles. The zero-order valence-corrected chi connectivity index (χ0v) is 12.3. The van der Waals surface area contributed by atoms with Gasteiger partial charge in [0, 0.05) is 19.6 Å². The Labute approximate surface area is 126 Å². The first-order valence-electron chi connectivity index (χ1n) is 7.74. The third-order valence-corrected chi connectivity index (χ3v) is 5.04. The molecule has 22 heavy (non-hydrogen) atoms. The maximum absolute atomic E-state index is 12.7. The quantitative estimate of drug-likeness (QED) is 0.895. The first kappa shape index (κ1) is 15.7. The molecule has 1 atom stereocenters. The van der Waals surface area contributed by atoms with Crippen LogP contribution < -0.4 is 0 Å². The number of H-pyrrole nitrogens is 1. The summed E-state index contributed by atoms with van der Waals surface area (Å²) in [7, 11) is 0. The van der Waals surface area contributed by atoms with Crippen molar-refractivity contribution in [3.8, 4) is 0 Å². The molecule has 3 rings (SSSR count). The second-order valence-corrected chi connectivity index (χ2v) is 6.63. The SMILES string of the molecule is OC1(c2cn[nH]n2)CCN(CC2CCC(C(F)(F)F)CC2)C1. The first-order valence-corrected chi connectivity index (χ1v) is 7.74. The van der Waals surface area contributed by atoms with Gasteiger partial charge >= 0.3 is 6.18 Å². The molecule has 1 saturated heterocycles. The number of halogens is 3. The van der Waals surface area contributed by atoms with Crippen LogP contribution in [0.2, 0.25) is 0 Å². The van der Waals surface area contributed by atoms with Gasteiger partial charge in [-0.1, -0.05) is 0 Å². The molecule has 2 heterocycles. The Morgan fingerprint density at radius 3 is 2.64 bits per heavy atom. The second-order valence-electron chi connectivity index (χ2n) is 6.63. The van der Waals surface area contributed by atoms with Crippen molar-refractivity contribution >= 4 is 0 Å². The minimum absolute atomic E-state index is 0.232. The van der Waals surface area contributed by atoms with E-state index in [1.807, 2.05) is 0 Å². The summed E-state index contributed by atoms with van der Waals surface area (Å²) in [5, 5.41) is 20.8. The number of alkyl halides is 3. The summed E-state index contributed by atoms with van der Waals surface area (Å²) in [6.45, 7) is 1.96. The van der Waals surface area contributed by atoms with Crippen molar-refractivity contribution in [3.05, 3.63) is 11.9 Å². The van der Waals surface area contributed by atoms with Crippen LogP contribution >= 0.6 is 0 Å². The molecule has 124 valence electrons. The van der Waals surface area contributed by atoms with Crippen LogP contribution in [0.3, 0.4) is 0 Å². The van der Waals surface area contributed by atoms with Crippen LogP contribution in [0.5, 0.6) is 0 Å². The monoisotopic (exact) mass is 318 g/mol. The van der Waals surface area contributed by atoms with E-state index < -0.39 is 17.7 Å². The van der Waals surface area contributed by atoms with E-state index in [0.29, 0.717) is 37.4 Å². The summed E-state index contributed by atoms with van der Waals surface area (Å²) < 4.78 is 38.0. The van der Waals surface area contributed by atoms with E-state index in [1.165, 1.54) is 6.20 Å². The summed E-state index contributed by atoms with van der Waals surface area (Å²) in [6.07, 6.45) is -0.251. The van der Waals surface area contributed by atoms with E-state index in [9.17, 15) is 18.3 Å². The molecular formula is C14H21F3N4O. The number of likely N-dealkylation sites (tertiary alicyclic amines) is 1. The van der Waals surface area contributed by atoms with Gasteiger partial charge in [-0.2, -0.15) is 28.6 Å². The zero-order chi connectivity index (χ0) is 15.8. The lowest BCUT2D eigenvalue weighted by Crippen LogP contribution is -2.36. The van der Waals surface area contributed by atoms with Gasteiger partial charge in [-0.3, -0.25) is 4.90 Å². The molecule has 0 radical (unpaired) electrons. The van der Waals surface area contributed by atoms with Gasteiger partial charge in [0.1, 0.15) is 11.3 Å². The molecule has 1 aliphatic carbocycles. The maximum Gasteiger partial charge on any atom is 0.391 e. The third kappa shape index (κ3) is 3.27. The Morgan fingerprint density at radius 1 is 1.32 bits per heavy atom. The average molecular weight is 318 g/mol. The molecule has 5 nitrogen and oxygen atoms in total. The lowest BCUT2D eigenvalue weighted by atomic mass is 9.81. The highest BCUT2D eigenvalue weighted by Crippen LogP contribution is 2.40. The molecular weight excluding hydrogens is 297 g/mol. The number of aliphatic hydroxyl groups is 1. The van der Waals surface area contributed by atoms with Crippen molar-refractivity contribution in [1.82, 2.24) is 20.3 Å². The predicted molar refractivity (Wildman–Crippen MR) is 72.8 cm³/mol. The first-order chi connectivity index (χ1) is 10.4. The molecule has 1 aromatic heterocycles. The molecule has 0 aromatic carbocycles. The van der Waals surface area contributed by atoms with Crippen LogP contribution in [0.1, 0.15) is 37.8 Å². The summed E-state index contributed by atoms with van der Waals surface area (Å²) in [5.74, 6) is -0.840. The van der Waals surface area contributed by atoms with E-state index in [4.69, 9.17) is 0 Å². The lowest BCUT2D eigenvalue weighted by Gasteiger charge is -2.32. The van der Waals surface area contributed by atoms with Crippen LogP contribution in [-0.2, 0) is 5.60 Å². The van der Waals surface area contributed by atoms with Crippen molar-refractivity contribution in [2.75, 3.05) is 19.6 Å². The van der Waals surface area contributed by atoms with E-state index in [1.54, 1.807) is 0 Å². The number of aromatic amines is 1. The molecule has 0 bridgehead atoms. The Morgan fingerprint density at radius 2 is 2.05 bits per heavy atom. The van der Waals surface area contributed by atoms with E-state index in [0.717, 1.165) is 13.1 Å². The Balaban J connectivity index is 1.50. The average Bonchev–Trinajstić information content (AvgIpc) is 3.09. The number of nitrogens with zero attached hydrogens (tertiary/aromatic N) is 3. The zero-order valence-electron chi connectivity index (χ0n) is 12.3. The molecule has 2 fully saturated rings. The van der Waals surface area contributed by atoms with Gasteiger partial charge in [0.2, 0.25) is 0 Å². The molecule has 0 spiro atoms. The molecule has 0 amide bonds. The number of hydrogen-bond donors (Lipinski definition) is 2. The Hall–Kier alpha value is -1.15. The van der Waals surface area contributed by atoms with Gasteiger partial charge < -0.3 is 5.11 Å². The van der Waals surface area contributed by atoms with Crippen molar-refractivity contribution in [1.29, 1.82) is 0 Å². The van der Waals surface area contributed by atoms with Crippen molar-refractivity contribution in [3.63, 3.8) is 0 Å². The highest BCUT2D eigenvalue weighted by Gasteiger charge is 2.43. The number of hydrogen-bond acceptors (Lipinski definition) is 4. The van der Waals surface area contributed by atoms with Crippen molar-refractivity contribution < 1.29 is 18.3 Å². The topological polar surface area (TPSA) is 65.0 Å². The Kier molecular flexibility index (Phi) is 4.15.